The summed E-state index contributed by atoms with van der Waals surface area (Å²) in [5.74, 6) is -1.47. The molecule has 0 amide bonds. The number of phenols is 1. The number of carboxylic acids is 1. The van der Waals surface area contributed by atoms with Gasteiger partial charge in [-0.05, 0) is 24.6 Å². The van der Waals surface area contributed by atoms with Gasteiger partial charge in [-0.3, -0.25) is 0 Å². The molecule has 4 nitrogen and oxygen atoms in total. The van der Waals surface area contributed by atoms with E-state index in [1.54, 1.807) is 6.07 Å². The first-order valence-corrected chi connectivity index (χ1v) is 4.04. The van der Waals surface area contributed by atoms with Gasteiger partial charge >= 0.3 is 5.97 Å². The van der Waals surface area contributed by atoms with Crippen LogP contribution < -0.4 is 0 Å². The Morgan fingerprint density at radius 1 is 1.43 bits per heavy atom. The molecule has 2 rings (SSSR count). The van der Waals surface area contributed by atoms with Crippen LogP contribution in [0.25, 0.3) is 11.0 Å². The van der Waals surface area contributed by atoms with Crippen molar-refractivity contribution in [2.24, 2.45) is 0 Å². The summed E-state index contributed by atoms with van der Waals surface area (Å²) < 4.78 is 5.08. The predicted octanol–water partition coefficient (Wildman–Crippen LogP) is 2.15. The SMILES string of the molecule is Cc1coc2c(C(=O)O)c(O)ccc12. The van der Waals surface area contributed by atoms with Gasteiger partial charge < -0.3 is 14.6 Å². The minimum atomic E-state index is -1.19. The lowest BCUT2D eigenvalue weighted by Crippen LogP contribution is -1.97. The Hall–Kier alpha value is -1.97. The molecule has 1 heterocycles. The number of rotatable bonds is 1. The van der Waals surface area contributed by atoms with Crippen molar-refractivity contribution < 1.29 is 19.4 Å². The molecule has 1 aromatic carbocycles. The van der Waals surface area contributed by atoms with Crippen molar-refractivity contribution in [3.8, 4) is 5.75 Å². The predicted molar refractivity (Wildman–Crippen MR) is 49.6 cm³/mol. The molecular weight excluding hydrogens is 184 g/mol. The Kier molecular flexibility index (Phi) is 1.70. The van der Waals surface area contributed by atoms with Crippen LogP contribution in [0.3, 0.4) is 0 Å². The molecule has 0 fully saturated rings. The van der Waals surface area contributed by atoms with E-state index in [1.165, 1.54) is 12.3 Å². The molecule has 0 bridgehead atoms. The average Bonchev–Trinajstić information content (AvgIpc) is 2.47. The van der Waals surface area contributed by atoms with E-state index in [0.29, 0.717) is 5.39 Å². The van der Waals surface area contributed by atoms with Crippen LogP contribution in [0.2, 0.25) is 0 Å². The zero-order valence-corrected chi connectivity index (χ0v) is 7.44. The molecule has 0 radical (unpaired) electrons. The summed E-state index contributed by atoms with van der Waals surface area (Å²) in [6.07, 6.45) is 1.47. The molecule has 0 aliphatic heterocycles. The second kappa shape index (κ2) is 2.77. The average molecular weight is 192 g/mol. The van der Waals surface area contributed by atoms with E-state index in [-0.39, 0.29) is 16.9 Å². The van der Waals surface area contributed by atoms with Crippen LogP contribution in [-0.4, -0.2) is 16.2 Å². The number of benzene rings is 1. The monoisotopic (exact) mass is 192 g/mol. The summed E-state index contributed by atoms with van der Waals surface area (Å²) in [5, 5.41) is 18.9. The Morgan fingerprint density at radius 2 is 2.14 bits per heavy atom. The Balaban J connectivity index is 2.90. The van der Waals surface area contributed by atoms with Gasteiger partial charge in [0.05, 0.1) is 6.26 Å². The zero-order valence-electron chi connectivity index (χ0n) is 7.44. The fourth-order valence-electron chi connectivity index (χ4n) is 1.42. The number of hydrogen-bond donors (Lipinski definition) is 2. The minimum Gasteiger partial charge on any atom is -0.507 e. The summed E-state index contributed by atoms with van der Waals surface area (Å²) in [6, 6.07) is 2.99. The maximum absolute atomic E-state index is 10.8. The number of aryl methyl sites for hydroxylation is 1. The second-order valence-electron chi connectivity index (χ2n) is 3.06. The van der Waals surface area contributed by atoms with Crippen molar-refractivity contribution in [2.75, 3.05) is 0 Å². The number of hydrogen-bond acceptors (Lipinski definition) is 3. The quantitative estimate of drug-likeness (QED) is 0.726. The molecule has 14 heavy (non-hydrogen) atoms. The fraction of sp³-hybridized carbons (Fsp3) is 0.100. The molecule has 0 saturated heterocycles. The highest BCUT2D eigenvalue weighted by atomic mass is 16.4. The molecule has 2 aromatic rings. The van der Waals surface area contributed by atoms with Gasteiger partial charge in [0, 0.05) is 5.39 Å². The summed E-state index contributed by atoms with van der Waals surface area (Å²) in [5.41, 5.74) is 0.883. The Morgan fingerprint density at radius 3 is 2.79 bits per heavy atom. The lowest BCUT2D eigenvalue weighted by molar-refractivity contribution is 0.0695. The number of aromatic hydroxyl groups is 1. The number of aromatic carboxylic acids is 1. The van der Waals surface area contributed by atoms with Crippen molar-refractivity contribution in [1.29, 1.82) is 0 Å². The summed E-state index contributed by atoms with van der Waals surface area (Å²) >= 11 is 0. The van der Waals surface area contributed by atoms with Crippen LogP contribution in [0.15, 0.2) is 22.8 Å². The first kappa shape index (κ1) is 8.62. The van der Waals surface area contributed by atoms with Crippen LogP contribution in [0.5, 0.6) is 5.75 Å². The van der Waals surface area contributed by atoms with Crippen LogP contribution in [-0.2, 0) is 0 Å². The molecule has 4 heteroatoms. The molecule has 0 unspecified atom stereocenters. The van der Waals surface area contributed by atoms with Crippen molar-refractivity contribution >= 4 is 16.9 Å². The van der Waals surface area contributed by atoms with Gasteiger partial charge in [0.15, 0.2) is 5.58 Å². The molecule has 0 atom stereocenters. The molecular formula is C10H8O4. The number of fused-ring (bicyclic) bond motifs is 1. The van der Waals surface area contributed by atoms with E-state index in [0.717, 1.165) is 5.56 Å². The molecule has 0 aliphatic carbocycles. The van der Waals surface area contributed by atoms with Gasteiger partial charge in [-0.25, -0.2) is 4.79 Å². The van der Waals surface area contributed by atoms with Gasteiger partial charge in [-0.2, -0.15) is 0 Å². The van der Waals surface area contributed by atoms with E-state index in [2.05, 4.69) is 0 Å². The highest BCUT2D eigenvalue weighted by Crippen LogP contribution is 2.30. The highest BCUT2D eigenvalue weighted by Gasteiger charge is 2.17. The Labute approximate surface area is 79.4 Å². The molecule has 2 N–H and O–H groups in total. The van der Waals surface area contributed by atoms with Crippen molar-refractivity contribution in [3.05, 3.63) is 29.5 Å². The maximum Gasteiger partial charge on any atom is 0.343 e. The lowest BCUT2D eigenvalue weighted by Gasteiger charge is -1.99. The van der Waals surface area contributed by atoms with Crippen LogP contribution in [0.4, 0.5) is 0 Å². The molecule has 0 spiro atoms. The van der Waals surface area contributed by atoms with Gasteiger partial charge in [0.1, 0.15) is 11.3 Å². The van der Waals surface area contributed by atoms with Gasteiger partial charge in [0.25, 0.3) is 0 Å². The lowest BCUT2D eigenvalue weighted by atomic mass is 10.1. The molecule has 1 aromatic heterocycles. The fourth-order valence-corrected chi connectivity index (χ4v) is 1.42. The summed E-state index contributed by atoms with van der Waals surface area (Å²) in [4.78, 5) is 10.8. The van der Waals surface area contributed by atoms with Gasteiger partial charge in [-0.1, -0.05) is 0 Å². The van der Waals surface area contributed by atoms with Crippen molar-refractivity contribution in [2.45, 2.75) is 6.92 Å². The smallest absolute Gasteiger partial charge is 0.343 e. The number of carboxylic acid groups (broad SMARTS) is 1. The van der Waals surface area contributed by atoms with E-state index >= 15 is 0 Å². The maximum atomic E-state index is 10.8. The second-order valence-corrected chi connectivity index (χ2v) is 3.06. The van der Waals surface area contributed by atoms with E-state index in [1.807, 2.05) is 6.92 Å². The first-order chi connectivity index (χ1) is 6.61. The van der Waals surface area contributed by atoms with Crippen molar-refractivity contribution in [3.63, 3.8) is 0 Å². The highest BCUT2D eigenvalue weighted by molar-refractivity contribution is 6.04. The largest absolute Gasteiger partial charge is 0.507 e. The summed E-state index contributed by atoms with van der Waals surface area (Å²) in [7, 11) is 0. The third kappa shape index (κ3) is 1.04. The zero-order chi connectivity index (χ0) is 10.3. The van der Waals surface area contributed by atoms with E-state index in [9.17, 15) is 9.90 Å². The van der Waals surface area contributed by atoms with Crippen molar-refractivity contribution in [1.82, 2.24) is 0 Å². The first-order valence-electron chi connectivity index (χ1n) is 4.04. The molecule has 0 saturated carbocycles. The van der Waals surface area contributed by atoms with Crippen LogP contribution in [0.1, 0.15) is 15.9 Å². The standard InChI is InChI=1S/C10H8O4/c1-5-4-14-9-6(5)2-3-7(11)8(9)10(12)13/h2-4,11H,1H3,(H,12,13). The normalized spacial score (nSPS) is 10.6. The summed E-state index contributed by atoms with van der Waals surface area (Å²) in [6.45, 7) is 1.81. The van der Waals surface area contributed by atoms with E-state index in [4.69, 9.17) is 9.52 Å². The minimum absolute atomic E-state index is 0.185. The topological polar surface area (TPSA) is 70.7 Å². The molecule has 0 aliphatic rings. The van der Waals surface area contributed by atoms with Crippen LogP contribution >= 0.6 is 0 Å². The number of carbonyl (C=O) groups is 1. The van der Waals surface area contributed by atoms with Gasteiger partial charge in [-0.15, -0.1) is 0 Å². The third-order valence-electron chi connectivity index (χ3n) is 2.13. The van der Waals surface area contributed by atoms with Crippen LogP contribution in [0, 0.1) is 6.92 Å². The Bertz CT molecular complexity index is 510. The van der Waals surface area contributed by atoms with Gasteiger partial charge in [0.2, 0.25) is 0 Å². The molecule has 72 valence electrons. The van der Waals surface area contributed by atoms with E-state index < -0.39 is 5.97 Å². The third-order valence-corrected chi connectivity index (χ3v) is 2.13. The number of furan rings is 1.